The molecule has 0 saturated carbocycles. The molecule has 1 aliphatic rings. The Morgan fingerprint density at radius 1 is 1.58 bits per heavy atom. The molecule has 106 valence electrons. The summed E-state index contributed by atoms with van der Waals surface area (Å²) in [6.07, 6.45) is -0.131. The number of nitrogens with zero attached hydrogens (tertiary/aromatic N) is 3. The van der Waals surface area contributed by atoms with Gasteiger partial charge in [0, 0.05) is 24.3 Å². The zero-order valence-corrected chi connectivity index (χ0v) is 11.3. The SMILES string of the molecule is Cc1cc(NN)nc(CN2CC(CO)OCC2C)n1. The van der Waals surface area contributed by atoms with Gasteiger partial charge in [-0.3, -0.25) is 4.90 Å². The molecule has 2 unspecified atom stereocenters. The number of aliphatic hydroxyl groups excluding tert-OH is 1. The number of hydrazine groups is 1. The van der Waals surface area contributed by atoms with Gasteiger partial charge in [0.25, 0.3) is 0 Å². The second-order valence-corrected chi connectivity index (χ2v) is 4.87. The number of nitrogen functional groups attached to an aromatic ring is 1. The maximum Gasteiger partial charge on any atom is 0.145 e. The zero-order valence-electron chi connectivity index (χ0n) is 11.3. The maximum absolute atomic E-state index is 9.18. The van der Waals surface area contributed by atoms with Gasteiger partial charge < -0.3 is 15.3 Å². The Morgan fingerprint density at radius 2 is 2.37 bits per heavy atom. The number of rotatable bonds is 4. The van der Waals surface area contributed by atoms with Crippen LogP contribution in [0.25, 0.3) is 0 Å². The van der Waals surface area contributed by atoms with Crippen molar-refractivity contribution in [2.45, 2.75) is 32.5 Å². The summed E-state index contributed by atoms with van der Waals surface area (Å²) < 4.78 is 5.51. The molecule has 0 aromatic carbocycles. The number of hydrogen-bond donors (Lipinski definition) is 3. The minimum atomic E-state index is -0.131. The number of nitrogens with one attached hydrogen (secondary N) is 1. The summed E-state index contributed by atoms with van der Waals surface area (Å²) in [6.45, 7) is 5.95. The largest absolute Gasteiger partial charge is 0.394 e. The topological polar surface area (TPSA) is 96.5 Å². The van der Waals surface area contributed by atoms with Crippen LogP contribution in [0, 0.1) is 6.92 Å². The molecule has 0 amide bonds. The first-order valence-corrected chi connectivity index (χ1v) is 6.40. The number of hydrogen-bond acceptors (Lipinski definition) is 7. The van der Waals surface area contributed by atoms with Crippen LogP contribution in [0.15, 0.2) is 6.07 Å². The normalized spacial score (nSPS) is 24.4. The summed E-state index contributed by atoms with van der Waals surface area (Å²) in [6, 6.07) is 2.07. The molecule has 2 rings (SSSR count). The molecule has 7 heteroatoms. The van der Waals surface area contributed by atoms with Gasteiger partial charge >= 0.3 is 0 Å². The fourth-order valence-electron chi connectivity index (χ4n) is 2.16. The van der Waals surface area contributed by atoms with Crippen molar-refractivity contribution in [1.82, 2.24) is 14.9 Å². The van der Waals surface area contributed by atoms with Crippen LogP contribution in [0.3, 0.4) is 0 Å². The average molecular weight is 267 g/mol. The second-order valence-electron chi connectivity index (χ2n) is 4.87. The lowest BCUT2D eigenvalue weighted by molar-refractivity contribution is -0.0811. The van der Waals surface area contributed by atoms with E-state index in [1.54, 1.807) is 6.07 Å². The lowest BCUT2D eigenvalue weighted by atomic mass is 10.2. The number of anilines is 1. The number of aromatic nitrogens is 2. The van der Waals surface area contributed by atoms with Crippen molar-refractivity contribution in [3.8, 4) is 0 Å². The van der Waals surface area contributed by atoms with E-state index in [-0.39, 0.29) is 18.8 Å². The van der Waals surface area contributed by atoms with E-state index in [4.69, 9.17) is 10.6 Å². The molecule has 1 aliphatic heterocycles. The van der Waals surface area contributed by atoms with Crippen molar-refractivity contribution in [3.63, 3.8) is 0 Å². The van der Waals surface area contributed by atoms with Crippen LogP contribution in [0.5, 0.6) is 0 Å². The third kappa shape index (κ3) is 3.60. The molecular weight excluding hydrogens is 246 g/mol. The van der Waals surface area contributed by atoms with Crippen LogP contribution in [0.1, 0.15) is 18.4 Å². The van der Waals surface area contributed by atoms with Gasteiger partial charge in [-0.25, -0.2) is 15.8 Å². The van der Waals surface area contributed by atoms with E-state index in [1.165, 1.54) is 0 Å². The molecule has 7 nitrogen and oxygen atoms in total. The van der Waals surface area contributed by atoms with Gasteiger partial charge in [0.2, 0.25) is 0 Å². The van der Waals surface area contributed by atoms with Crippen molar-refractivity contribution in [2.75, 3.05) is 25.2 Å². The Morgan fingerprint density at radius 3 is 3.05 bits per heavy atom. The monoisotopic (exact) mass is 267 g/mol. The van der Waals surface area contributed by atoms with Crippen LogP contribution in [0.2, 0.25) is 0 Å². The standard InChI is InChI=1S/C12H21N5O2/c1-8-3-11(16-13)15-12(14-8)5-17-4-10(6-18)19-7-9(17)2/h3,9-10,18H,4-7,13H2,1-2H3,(H,14,15,16). The first-order valence-electron chi connectivity index (χ1n) is 6.40. The number of morpholine rings is 1. The second kappa shape index (κ2) is 6.25. The minimum Gasteiger partial charge on any atom is -0.394 e. The Labute approximate surface area is 112 Å². The van der Waals surface area contributed by atoms with Crippen molar-refractivity contribution in [3.05, 3.63) is 17.6 Å². The van der Waals surface area contributed by atoms with Gasteiger partial charge in [0.1, 0.15) is 11.6 Å². The Kier molecular flexibility index (Phi) is 4.65. The van der Waals surface area contributed by atoms with Crippen LogP contribution in [0.4, 0.5) is 5.82 Å². The Bertz CT molecular complexity index is 429. The van der Waals surface area contributed by atoms with Crippen LogP contribution in [-0.4, -0.2) is 51.9 Å². The van der Waals surface area contributed by atoms with Crippen molar-refractivity contribution in [2.24, 2.45) is 5.84 Å². The third-order valence-corrected chi connectivity index (χ3v) is 3.23. The van der Waals surface area contributed by atoms with Gasteiger partial charge in [0.05, 0.1) is 25.9 Å². The van der Waals surface area contributed by atoms with E-state index in [1.807, 2.05) is 6.92 Å². The number of aryl methyl sites for hydroxylation is 1. The van der Waals surface area contributed by atoms with Gasteiger partial charge in [-0.2, -0.15) is 0 Å². The molecule has 19 heavy (non-hydrogen) atoms. The highest BCUT2D eigenvalue weighted by atomic mass is 16.5. The summed E-state index contributed by atoms with van der Waals surface area (Å²) >= 11 is 0. The van der Waals surface area contributed by atoms with Crippen LogP contribution >= 0.6 is 0 Å². The zero-order chi connectivity index (χ0) is 13.8. The van der Waals surface area contributed by atoms with E-state index in [0.717, 1.165) is 11.5 Å². The molecule has 2 heterocycles. The van der Waals surface area contributed by atoms with Crippen molar-refractivity contribution >= 4 is 5.82 Å². The lowest BCUT2D eigenvalue weighted by Gasteiger charge is -2.36. The molecule has 0 bridgehead atoms. The van der Waals surface area contributed by atoms with Crippen LogP contribution in [-0.2, 0) is 11.3 Å². The average Bonchev–Trinajstić information content (AvgIpc) is 2.40. The quantitative estimate of drug-likeness (QED) is 0.507. The van der Waals surface area contributed by atoms with Gasteiger partial charge in [-0.1, -0.05) is 0 Å². The van der Waals surface area contributed by atoms with Gasteiger partial charge in [-0.05, 0) is 13.8 Å². The molecule has 1 saturated heterocycles. The van der Waals surface area contributed by atoms with E-state index in [9.17, 15) is 5.11 Å². The highest BCUT2D eigenvalue weighted by molar-refractivity contribution is 5.33. The van der Waals surface area contributed by atoms with E-state index < -0.39 is 0 Å². The fourth-order valence-corrected chi connectivity index (χ4v) is 2.16. The predicted molar refractivity (Wildman–Crippen MR) is 71.3 cm³/mol. The fraction of sp³-hybridized carbons (Fsp3) is 0.667. The summed E-state index contributed by atoms with van der Waals surface area (Å²) in [4.78, 5) is 11.0. The van der Waals surface area contributed by atoms with Crippen molar-refractivity contribution < 1.29 is 9.84 Å². The van der Waals surface area contributed by atoms with Crippen molar-refractivity contribution in [1.29, 1.82) is 0 Å². The predicted octanol–water partition coefficient (Wildman–Crippen LogP) is -0.348. The van der Waals surface area contributed by atoms with Gasteiger partial charge in [-0.15, -0.1) is 0 Å². The minimum absolute atomic E-state index is 0.0352. The molecule has 1 aromatic rings. The third-order valence-electron chi connectivity index (χ3n) is 3.23. The van der Waals surface area contributed by atoms with Crippen LogP contribution < -0.4 is 11.3 Å². The number of ether oxygens (including phenoxy) is 1. The molecule has 4 N–H and O–H groups in total. The highest BCUT2D eigenvalue weighted by Crippen LogP contribution is 2.15. The molecule has 0 aliphatic carbocycles. The van der Waals surface area contributed by atoms with E-state index in [2.05, 4.69) is 27.2 Å². The molecule has 1 aromatic heterocycles. The molecule has 0 spiro atoms. The van der Waals surface area contributed by atoms with E-state index in [0.29, 0.717) is 25.5 Å². The number of nitrogens with two attached hydrogens (primary N) is 1. The summed E-state index contributed by atoms with van der Waals surface area (Å²) in [5, 5.41) is 9.18. The summed E-state index contributed by atoms with van der Waals surface area (Å²) in [5.41, 5.74) is 3.42. The lowest BCUT2D eigenvalue weighted by Crippen LogP contribution is -2.49. The first kappa shape index (κ1) is 14.1. The maximum atomic E-state index is 9.18. The highest BCUT2D eigenvalue weighted by Gasteiger charge is 2.26. The smallest absolute Gasteiger partial charge is 0.145 e. The molecule has 2 atom stereocenters. The molecular formula is C12H21N5O2. The summed E-state index contributed by atoms with van der Waals surface area (Å²) in [7, 11) is 0. The van der Waals surface area contributed by atoms with E-state index >= 15 is 0 Å². The Hall–Kier alpha value is -1.28. The van der Waals surface area contributed by atoms with Gasteiger partial charge in [0.15, 0.2) is 0 Å². The first-order chi connectivity index (χ1) is 9.12. The number of aliphatic hydroxyl groups is 1. The molecule has 0 radical (unpaired) electrons. The Balaban J connectivity index is 2.08. The summed E-state index contributed by atoms with van der Waals surface area (Å²) in [5.74, 6) is 6.72. The molecule has 1 fully saturated rings.